The molecule has 0 aromatic heterocycles. The quantitative estimate of drug-likeness (QED) is 0.847. The molecular formula is C19H23ClFN3O2. The molecule has 140 valence electrons. The van der Waals surface area contributed by atoms with E-state index in [0.29, 0.717) is 31.2 Å². The van der Waals surface area contributed by atoms with E-state index in [-0.39, 0.29) is 22.4 Å². The number of nitrogens with one attached hydrogen (secondary N) is 1. The van der Waals surface area contributed by atoms with Gasteiger partial charge in [-0.2, -0.15) is 0 Å². The summed E-state index contributed by atoms with van der Waals surface area (Å²) in [4.78, 5) is 28.8. The Morgan fingerprint density at radius 1 is 1.27 bits per heavy atom. The molecule has 0 bridgehead atoms. The SMILES string of the molecule is O=C(Nc1ccc(F)c(Cl)c1)N1CCC[C@@]2(CCC(=O)N(C3CC3)C2)C1. The second-order valence-corrected chi connectivity index (χ2v) is 8.24. The van der Waals surface area contributed by atoms with Gasteiger partial charge in [0.15, 0.2) is 0 Å². The Kier molecular flexibility index (Phi) is 4.55. The lowest BCUT2D eigenvalue weighted by atomic mass is 9.73. The molecule has 5 nitrogen and oxygen atoms in total. The Morgan fingerprint density at radius 3 is 2.81 bits per heavy atom. The molecule has 1 aromatic carbocycles. The van der Waals surface area contributed by atoms with Gasteiger partial charge in [0.2, 0.25) is 5.91 Å². The summed E-state index contributed by atoms with van der Waals surface area (Å²) in [6, 6.07) is 4.40. The van der Waals surface area contributed by atoms with Crippen LogP contribution in [0.3, 0.4) is 0 Å². The smallest absolute Gasteiger partial charge is 0.321 e. The van der Waals surface area contributed by atoms with Gasteiger partial charge < -0.3 is 15.1 Å². The average Bonchev–Trinajstić information content (AvgIpc) is 3.46. The molecule has 1 atom stereocenters. The number of piperidine rings is 2. The van der Waals surface area contributed by atoms with E-state index >= 15 is 0 Å². The Hall–Kier alpha value is -1.82. The molecule has 4 rings (SSSR count). The standard InChI is InChI=1S/C19H23ClFN3O2/c20-15-10-13(2-5-16(15)21)22-18(26)23-9-1-7-19(11-23)8-6-17(25)24(12-19)14-3-4-14/h2,5,10,14H,1,3-4,6-9,11-12H2,(H,22,26)/t19-/m1/s1. The van der Waals surface area contributed by atoms with Crippen LogP contribution in [0.15, 0.2) is 18.2 Å². The first-order chi connectivity index (χ1) is 12.5. The van der Waals surface area contributed by atoms with Crippen molar-refractivity contribution < 1.29 is 14.0 Å². The molecule has 3 aliphatic rings. The van der Waals surface area contributed by atoms with Crippen molar-refractivity contribution in [1.82, 2.24) is 9.80 Å². The molecule has 1 spiro atoms. The highest BCUT2D eigenvalue weighted by Crippen LogP contribution is 2.42. The maximum Gasteiger partial charge on any atom is 0.321 e. The van der Waals surface area contributed by atoms with Crippen LogP contribution >= 0.6 is 11.6 Å². The number of nitrogens with zero attached hydrogens (tertiary/aromatic N) is 2. The summed E-state index contributed by atoms with van der Waals surface area (Å²) in [7, 11) is 0. The number of rotatable bonds is 2. The molecule has 2 saturated heterocycles. The lowest BCUT2D eigenvalue weighted by Gasteiger charge is -2.48. The van der Waals surface area contributed by atoms with E-state index in [1.807, 2.05) is 9.80 Å². The van der Waals surface area contributed by atoms with Crippen LogP contribution in [0.4, 0.5) is 14.9 Å². The molecule has 1 saturated carbocycles. The van der Waals surface area contributed by atoms with E-state index in [9.17, 15) is 14.0 Å². The van der Waals surface area contributed by atoms with Crippen molar-refractivity contribution in [3.8, 4) is 0 Å². The van der Waals surface area contributed by atoms with Crippen LogP contribution in [0.2, 0.25) is 5.02 Å². The molecule has 1 aromatic rings. The third-order valence-electron chi connectivity index (χ3n) is 5.80. The van der Waals surface area contributed by atoms with Crippen LogP contribution in [-0.2, 0) is 4.79 Å². The van der Waals surface area contributed by atoms with Crippen molar-refractivity contribution in [2.75, 3.05) is 25.0 Å². The van der Waals surface area contributed by atoms with Gasteiger partial charge in [-0.3, -0.25) is 4.79 Å². The Morgan fingerprint density at radius 2 is 2.08 bits per heavy atom. The number of likely N-dealkylation sites (tertiary alicyclic amines) is 2. The van der Waals surface area contributed by atoms with E-state index in [1.54, 1.807) is 0 Å². The van der Waals surface area contributed by atoms with Gasteiger partial charge in [-0.05, 0) is 50.3 Å². The van der Waals surface area contributed by atoms with E-state index in [4.69, 9.17) is 11.6 Å². The first kappa shape index (κ1) is 17.6. The van der Waals surface area contributed by atoms with Gasteiger partial charge >= 0.3 is 6.03 Å². The maximum atomic E-state index is 13.3. The molecule has 2 aliphatic heterocycles. The van der Waals surface area contributed by atoms with Crippen molar-refractivity contribution in [3.05, 3.63) is 29.0 Å². The summed E-state index contributed by atoms with van der Waals surface area (Å²) >= 11 is 5.79. The minimum absolute atomic E-state index is 0.00648. The molecule has 3 fully saturated rings. The van der Waals surface area contributed by atoms with Gasteiger partial charge in [-0.15, -0.1) is 0 Å². The van der Waals surface area contributed by atoms with Gasteiger partial charge in [-0.1, -0.05) is 11.6 Å². The van der Waals surface area contributed by atoms with Gasteiger partial charge in [-0.25, -0.2) is 9.18 Å². The van der Waals surface area contributed by atoms with Crippen LogP contribution in [0.1, 0.15) is 38.5 Å². The zero-order chi connectivity index (χ0) is 18.3. The fraction of sp³-hybridized carbons (Fsp3) is 0.579. The van der Waals surface area contributed by atoms with Crippen molar-refractivity contribution >= 4 is 29.2 Å². The highest BCUT2D eigenvalue weighted by Gasteiger charge is 2.46. The number of anilines is 1. The summed E-state index contributed by atoms with van der Waals surface area (Å²) in [6.45, 7) is 2.12. The molecule has 2 heterocycles. The highest BCUT2D eigenvalue weighted by molar-refractivity contribution is 6.31. The van der Waals surface area contributed by atoms with Crippen LogP contribution in [-0.4, -0.2) is 47.4 Å². The normalized spacial score (nSPS) is 26.3. The van der Waals surface area contributed by atoms with E-state index in [0.717, 1.165) is 38.6 Å². The number of carbonyl (C=O) groups is 2. The van der Waals surface area contributed by atoms with Gasteiger partial charge in [0, 0.05) is 43.2 Å². The van der Waals surface area contributed by atoms with E-state index in [1.165, 1.54) is 18.2 Å². The number of hydrogen-bond donors (Lipinski definition) is 1. The number of halogens is 2. The van der Waals surface area contributed by atoms with Gasteiger partial charge in [0.25, 0.3) is 0 Å². The van der Waals surface area contributed by atoms with Crippen molar-refractivity contribution in [1.29, 1.82) is 0 Å². The monoisotopic (exact) mass is 379 g/mol. The van der Waals surface area contributed by atoms with Crippen molar-refractivity contribution in [2.24, 2.45) is 5.41 Å². The first-order valence-electron chi connectivity index (χ1n) is 9.26. The average molecular weight is 380 g/mol. The van der Waals surface area contributed by atoms with Crippen LogP contribution in [0, 0.1) is 11.2 Å². The number of urea groups is 1. The summed E-state index contributed by atoms with van der Waals surface area (Å²) < 4.78 is 13.3. The minimum Gasteiger partial charge on any atom is -0.339 e. The molecule has 0 unspecified atom stereocenters. The second kappa shape index (κ2) is 6.72. The predicted octanol–water partition coefficient (Wildman–Crippen LogP) is 3.88. The predicted molar refractivity (Wildman–Crippen MR) is 97.6 cm³/mol. The van der Waals surface area contributed by atoms with Crippen molar-refractivity contribution in [2.45, 2.75) is 44.6 Å². The number of amides is 3. The lowest BCUT2D eigenvalue weighted by molar-refractivity contribution is -0.139. The number of hydrogen-bond acceptors (Lipinski definition) is 2. The highest BCUT2D eigenvalue weighted by atomic mass is 35.5. The third kappa shape index (κ3) is 3.52. The zero-order valence-corrected chi connectivity index (χ0v) is 15.4. The molecular weight excluding hydrogens is 357 g/mol. The minimum atomic E-state index is -0.506. The Bertz CT molecular complexity index is 739. The molecule has 1 N–H and O–H groups in total. The number of benzene rings is 1. The zero-order valence-electron chi connectivity index (χ0n) is 14.6. The van der Waals surface area contributed by atoms with Gasteiger partial charge in [0.05, 0.1) is 5.02 Å². The maximum absolute atomic E-state index is 13.3. The Labute approximate surface area is 157 Å². The fourth-order valence-corrected chi connectivity index (χ4v) is 4.43. The van der Waals surface area contributed by atoms with Crippen molar-refractivity contribution in [3.63, 3.8) is 0 Å². The molecule has 26 heavy (non-hydrogen) atoms. The second-order valence-electron chi connectivity index (χ2n) is 7.84. The summed E-state index contributed by atoms with van der Waals surface area (Å²) in [6.07, 6.45) is 5.63. The van der Waals surface area contributed by atoms with Crippen LogP contribution in [0.25, 0.3) is 0 Å². The topological polar surface area (TPSA) is 52.7 Å². The number of carbonyl (C=O) groups excluding carboxylic acids is 2. The van der Waals surface area contributed by atoms with E-state index in [2.05, 4.69) is 5.32 Å². The molecule has 1 aliphatic carbocycles. The fourth-order valence-electron chi connectivity index (χ4n) is 4.25. The Balaban J connectivity index is 1.43. The summed E-state index contributed by atoms with van der Waals surface area (Å²) in [5.41, 5.74) is 0.492. The molecule has 0 radical (unpaired) electrons. The molecule has 3 amide bonds. The summed E-state index contributed by atoms with van der Waals surface area (Å²) in [5.74, 6) is -0.241. The van der Waals surface area contributed by atoms with Crippen LogP contribution in [0.5, 0.6) is 0 Å². The van der Waals surface area contributed by atoms with Crippen LogP contribution < -0.4 is 5.32 Å². The molecule has 7 heteroatoms. The first-order valence-corrected chi connectivity index (χ1v) is 9.64. The summed E-state index contributed by atoms with van der Waals surface area (Å²) in [5, 5.41) is 2.80. The largest absolute Gasteiger partial charge is 0.339 e. The third-order valence-corrected chi connectivity index (χ3v) is 6.09. The van der Waals surface area contributed by atoms with Gasteiger partial charge in [0.1, 0.15) is 5.82 Å². The lowest BCUT2D eigenvalue weighted by Crippen LogP contribution is -2.56. The van der Waals surface area contributed by atoms with E-state index < -0.39 is 5.82 Å².